The molecule has 0 spiro atoms. The zero-order valence-electron chi connectivity index (χ0n) is 16.8. The molecule has 0 bridgehead atoms. The van der Waals surface area contributed by atoms with Gasteiger partial charge in [-0.15, -0.1) is 0 Å². The van der Waals surface area contributed by atoms with E-state index in [2.05, 4.69) is 23.7 Å². The maximum Gasteiger partial charge on any atom is 0.228 e. The Morgan fingerprint density at radius 1 is 1.19 bits per heavy atom. The van der Waals surface area contributed by atoms with Gasteiger partial charge in [-0.1, -0.05) is 19.9 Å². The van der Waals surface area contributed by atoms with Crippen LogP contribution in [0.1, 0.15) is 49.5 Å². The van der Waals surface area contributed by atoms with E-state index in [-0.39, 0.29) is 5.91 Å². The summed E-state index contributed by atoms with van der Waals surface area (Å²) in [5, 5.41) is 0. The van der Waals surface area contributed by atoms with E-state index in [1.54, 1.807) is 6.20 Å². The molecule has 2 aromatic rings. The van der Waals surface area contributed by atoms with Crippen LogP contribution in [0.15, 0.2) is 24.4 Å². The van der Waals surface area contributed by atoms with E-state index in [1.165, 1.54) is 0 Å². The Hall–Kier alpha value is -2.34. The monoisotopic (exact) mass is 367 g/mol. The fourth-order valence-corrected chi connectivity index (χ4v) is 3.39. The molecule has 0 radical (unpaired) electrons. The third-order valence-corrected chi connectivity index (χ3v) is 4.88. The van der Waals surface area contributed by atoms with Crippen LogP contribution in [0.3, 0.4) is 0 Å². The molecule has 0 atom stereocenters. The van der Waals surface area contributed by atoms with Gasteiger partial charge in [-0.2, -0.15) is 0 Å². The van der Waals surface area contributed by atoms with Crippen LogP contribution in [0.4, 0.5) is 5.82 Å². The van der Waals surface area contributed by atoms with E-state index in [9.17, 15) is 4.79 Å². The van der Waals surface area contributed by atoms with Gasteiger partial charge in [-0.25, -0.2) is 9.97 Å². The van der Waals surface area contributed by atoms with Gasteiger partial charge in [0.15, 0.2) is 0 Å². The van der Waals surface area contributed by atoms with Crippen molar-refractivity contribution < 1.29 is 4.79 Å². The van der Waals surface area contributed by atoms with Gasteiger partial charge in [-0.05, 0) is 44.9 Å². The maximum atomic E-state index is 12.5. The lowest BCUT2D eigenvalue weighted by atomic mass is 10.0. The second-order valence-electron chi connectivity index (χ2n) is 7.75. The first-order valence-electron chi connectivity index (χ1n) is 9.69. The van der Waals surface area contributed by atoms with Crippen molar-refractivity contribution in [1.29, 1.82) is 0 Å². The molecule has 0 aromatic carbocycles. The van der Waals surface area contributed by atoms with Gasteiger partial charge in [0.05, 0.1) is 12.2 Å². The van der Waals surface area contributed by atoms with Crippen molar-refractivity contribution in [3.05, 3.63) is 47.2 Å². The number of aromatic nitrogens is 3. The molecular weight excluding hydrogens is 338 g/mol. The van der Waals surface area contributed by atoms with E-state index in [4.69, 9.17) is 9.97 Å². The fourth-order valence-electron chi connectivity index (χ4n) is 3.39. The molecule has 3 rings (SSSR count). The van der Waals surface area contributed by atoms with Crippen molar-refractivity contribution in [2.24, 2.45) is 5.92 Å². The molecule has 0 fully saturated rings. The highest BCUT2D eigenvalue weighted by atomic mass is 16.2. The van der Waals surface area contributed by atoms with Crippen molar-refractivity contribution in [2.45, 2.75) is 53.1 Å². The molecule has 27 heavy (non-hydrogen) atoms. The lowest BCUT2D eigenvalue weighted by Gasteiger charge is -2.30. The number of nitrogens with zero attached hydrogens (tertiary/aromatic N) is 5. The Balaban J connectivity index is 1.79. The molecule has 6 heteroatoms. The summed E-state index contributed by atoms with van der Waals surface area (Å²) in [5.74, 6) is 2.30. The number of pyridine rings is 1. The third-order valence-electron chi connectivity index (χ3n) is 4.88. The summed E-state index contributed by atoms with van der Waals surface area (Å²) in [6.45, 7) is 8.47. The summed E-state index contributed by atoms with van der Waals surface area (Å²) in [7, 11) is 2.04. The molecule has 1 aliphatic heterocycles. The van der Waals surface area contributed by atoms with E-state index in [0.29, 0.717) is 18.9 Å². The van der Waals surface area contributed by atoms with Crippen molar-refractivity contribution in [2.75, 3.05) is 18.5 Å². The molecular formula is C21H29N5O. The Kier molecular flexibility index (Phi) is 6.16. The molecule has 1 aliphatic rings. The first kappa shape index (κ1) is 19.4. The molecule has 1 amide bonds. The number of hydrogen-bond donors (Lipinski definition) is 0. The highest BCUT2D eigenvalue weighted by molar-refractivity contribution is 5.95. The average molecular weight is 367 g/mol. The molecule has 3 heterocycles. The number of carbonyl (C=O) groups is 1. The number of aryl methyl sites for hydroxylation is 1. The summed E-state index contributed by atoms with van der Waals surface area (Å²) >= 11 is 0. The van der Waals surface area contributed by atoms with Crippen molar-refractivity contribution >= 4 is 11.7 Å². The summed E-state index contributed by atoms with van der Waals surface area (Å²) in [6, 6.07) is 5.93. The Morgan fingerprint density at radius 2 is 2.00 bits per heavy atom. The minimum Gasteiger partial charge on any atom is -0.296 e. The van der Waals surface area contributed by atoms with Crippen LogP contribution in [0.5, 0.6) is 0 Å². The second kappa shape index (κ2) is 8.57. The van der Waals surface area contributed by atoms with Crippen LogP contribution in [0.2, 0.25) is 0 Å². The smallest absolute Gasteiger partial charge is 0.228 e. The Bertz CT molecular complexity index is 791. The number of fused-ring (bicyclic) bond motifs is 1. The first-order chi connectivity index (χ1) is 12.9. The summed E-state index contributed by atoms with van der Waals surface area (Å²) < 4.78 is 0. The SMILES string of the molecule is Cc1nc(CN(C)Cc2ccccn2)nc2c1CCC(=O)N2CCC(C)C. The van der Waals surface area contributed by atoms with Gasteiger partial charge in [0, 0.05) is 37.0 Å². The summed E-state index contributed by atoms with van der Waals surface area (Å²) in [5.41, 5.74) is 3.13. The normalized spacial score (nSPS) is 14.1. The van der Waals surface area contributed by atoms with Crippen LogP contribution in [0.25, 0.3) is 0 Å². The summed E-state index contributed by atoms with van der Waals surface area (Å²) in [4.78, 5) is 30.4. The van der Waals surface area contributed by atoms with Crippen molar-refractivity contribution in [1.82, 2.24) is 19.9 Å². The Labute approximate surface area is 161 Å². The molecule has 144 valence electrons. The molecule has 0 saturated heterocycles. The predicted molar refractivity (Wildman–Crippen MR) is 106 cm³/mol. The molecule has 0 N–H and O–H groups in total. The van der Waals surface area contributed by atoms with Crippen LogP contribution < -0.4 is 4.90 Å². The molecule has 0 unspecified atom stereocenters. The molecule has 0 aliphatic carbocycles. The maximum absolute atomic E-state index is 12.5. The zero-order chi connectivity index (χ0) is 19.4. The standard InChI is InChI=1S/C21H29N5O/c1-15(2)10-12-26-20(27)9-8-18-16(3)23-19(24-21(18)26)14-25(4)13-17-7-5-6-11-22-17/h5-7,11,15H,8-10,12-14H2,1-4H3. The number of hydrogen-bond acceptors (Lipinski definition) is 5. The van der Waals surface area contributed by atoms with Gasteiger partial charge >= 0.3 is 0 Å². The number of carbonyl (C=O) groups excluding carboxylic acids is 1. The second-order valence-corrected chi connectivity index (χ2v) is 7.75. The van der Waals surface area contributed by atoms with Crippen molar-refractivity contribution in [3.63, 3.8) is 0 Å². The lowest BCUT2D eigenvalue weighted by molar-refractivity contribution is -0.119. The van der Waals surface area contributed by atoms with Crippen LogP contribution in [-0.2, 0) is 24.3 Å². The van der Waals surface area contributed by atoms with Gasteiger partial charge < -0.3 is 0 Å². The zero-order valence-corrected chi connectivity index (χ0v) is 16.8. The highest BCUT2D eigenvalue weighted by Crippen LogP contribution is 2.28. The van der Waals surface area contributed by atoms with Crippen LogP contribution in [0, 0.1) is 12.8 Å². The van der Waals surface area contributed by atoms with Crippen LogP contribution in [-0.4, -0.2) is 39.4 Å². The van der Waals surface area contributed by atoms with Gasteiger partial charge in [0.25, 0.3) is 0 Å². The topological polar surface area (TPSA) is 62.2 Å². The number of anilines is 1. The summed E-state index contributed by atoms with van der Waals surface area (Å²) in [6.07, 6.45) is 4.07. The van der Waals surface area contributed by atoms with Gasteiger partial charge in [-0.3, -0.25) is 19.6 Å². The quantitative estimate of drug-likeness (QED) is 0.752. The molecule has 6 nitrogen and oxygen atoms in total. The number of rotatable bonds is 7. The van der Waals surface area contributed by atoms with E-state index in [0.717, 1.165) is 54.5 Å². The van der Waals surface area contributed by atoms with Crippen molar-refractivity contribution in [3.8, 4) is 0 Å². The molecule has 0 saturated carbocycles. The van der Waals surface area contributed by atoms with Crippen LogP contribution >= 0.6 is 0 Å². The lowest BCUT2D eigenvalue weighted by Crippen LogP contribution is -2.38. The van der Waals surface area contributed by atoms with E-state index >= 15 is 0 Å². The first-order valence-corrected chi connectivity index (χ1v) is 9.69. The van der Waals surface area contributed by atoms with E-state index in [1.807, 2.05) is 37.1 Å². The van der Waals surface area contributed by atoms with Gasteiger partial charge in [0.1, 0.15) is 11.6 Å². The van der Waals surface area contributed by atoms with E-state index < -0.39 is 0 Å². The fraction of sp³-hybridized carbons (Fsp3) is 0.524. The largest absolute Gasteiger partial charge is 0.296 e. The number of amides is 1. The minimum absolute atomic E-state index is 0.175. The predicted octanol–water partition coefficient (Wildman–Crippen LogP) is 3.14. The molecule has 2 aromatic heterocycles. The highest BCUT2D eigenvalue weighted by Gasteiger charge is 2.28. The average Bonchev–Trinajstić information content (AvgIpc) is 2.61. The third kappa shape index (κ3) is 4.89. The minimum atomic E-state index is 0.175. The Morgan fingerprint density at radius 3 is 2.70 bits per heavy atom. The van der Waals surface area contributed by atoms with Gasteiger partial charge in [0.2, 0.25) is 5.91 Å².